The number of benzene rings is 1. The van der Waals surface area contributed by atoms with E-state index < -0.39 is 4.92 Å². The summed E-state index contributed by atoms with van der Waals surface area (Å²) >= 11 is 1.17. The van der Waals surface area contributed by atoms with Gasteiger partial charge in [-0.3, -0.25) is 14.9 Å². The topological polar surface area (TPSA) is 110 Å². The summed E-state index contributed by atoms with van der Waals surface area (Å²) in [6.45, 7) is 0. The fourth-order valence-electron chi connectivity index (χ4n) is 1.46. The first-order chi connectivity index (χ1) is 10.7. The summed E-state index contributed by atoms with van der Waals surface area (Å²) in [7, 11) is 0. The summed E-state index contributed by atoms with van der Waals surface area (Å²) in [6, 6.07) is 7.80. The lowest BCUT2D eigenvalue weighted by Gasteiger charge is -1.99. The predicted molar refractivity (Wildman–Crippen MR) is 81.6 cm³/mol. The Balaban J connectivity index is 1.87. The maximum absolute atomic E-state index is 11.6. The molecule has 1 amide bonds. The number of hydrogen-bond donors (Lipinski definition) is 1. The van der Waals surface area contributed by atoms with E-state index in [-0.39, 0.29) is 17.3 Å². The van der Waals surface area contributed by atoms with E-state index in [0.29, 0.717) is 10.7 Å². The van der Waals surface area contributed by atoms with E-state index in [4.69, 9.17) is 0 Å². The number of amides is 1. The molecule has 0 aliphatic rings. The molecule has 0 saturated carbocycles. The van der Waals surface area contributed by atoms with Crippen LogP contribution in [0.15, 0.2) is 53.0 Å². The number of carbonyl (C=O) groups is 1. The Morgan fingerprint density at radius 2 is 2.05 bits per heavy atom. The number of rotatable bonds is 6. The Hall–Kier alpha value is -2.81. The monoisotopic (exact) mass is 317 g/mol. The van der Waals surface area contributed by atoms with Crippen molar-refractivity contribution in [3.63, 3.8) is 0 Å². The second-order valence-electron chi connectivity index (χ2n) is 3.93. The molecular formula is C13H11N5O3S. The highest BCUT2D eigenvalue weighted by atomic mass is 32.2. The second-order valence-corrected chi connectivity index (χ2v) is 4.87. The normalized spacial score (nSPS) is 10.5. The second kappa shape index (κ2) is 7.84. The molecule has 2 aromatic rings. The fraction of sp³-hybridized carbons (Fsp3) is 0.0769. The number of carbonyl (C=O) groups excluding carboxylic acids is 1. The molecule has 1 aromatic heterocycles. The first kappa shape index (κ1) is 15.6. The van der Waals surface area contributed by atoms with Crippen LogP contribution in [0.1, 0.15) is 5.56 Å². The molecule has 22 heavy (non-hydrogen) atoms. The van der Waals surface area contributed by atoms with Crippen molar-refractivity contribution in [3.05, 3.63) is 58.4 Å². The van der Waals surface area contributed by atoms with Crippen LogP contribution >= 0.6 is 11.8 Å². The van der Waals surface area contributed by atoms with Crippen molar-refractivity contribution in [2.45, 2.75) is 5.16 Å². The van der Waals surface area contributed by atoms with Crippen LogP contribution in [-0.2, 0) is 4.79 Å². The van der Waals surface area contributed by atoms with Crippen LogP contribution in [0.25, 0.3) is 0 Å². The highest BCUT2D eigenvalue weighted by Crippen LogP contribution is 2.15. The first-order valence-corrected chi connectivity index (χ1v) is 7.10. The lowest BCUT2D eigenvalue weighted by Crippen LogP contribution is -2.19. The molecule has 0 bridgehead atoms. The molecule has 0 aliphatic carbocycles. The van der Waals surface area contributed by atoms with Crippen LogP contribution < -0.4 is 5.43 Å². The number of thioether (sulfide) groups is 1. The lowest BCUT2D eigenvalue weighted by atomic mass is 10.2. The third-order valence-electron chi connectivity index (χ3n) is 2.40. The standard InChI is InChI=1S/C13H11N5O3S/c19-12(9-22-13-14-6-3-7-15-13)17-16-8-10-4-1-2-5-11(10)18(20)21/h1-8H,9H2,(H,17,19)/b16-8-. The van der Waals surface area contributed by atoms with Gasteiger partial charge < -0.3 is 0 Å². The van der Waals surface area contributed by atoms with Gasteiger partial charge in [0.1, 0.15) is 0 Å². The van der Waals surface area contributed by atoms with Gasteiger partial charge in [-0.15, -0.1) is 0 Å². The van der Waals surface area contributed by atoms with E-state index in [0.717, 1.165) is 0 Å². The Morgan fingerprint density at radius 1 is 1.32 bits per heavy atom. The summed E-state index contributed by atoms with van der Waals surface area (Å²) in [6.07, 6.45) is 4.40. The van der Waals surface area contributed by atoms with Gasteiger partial charge in [-0.05, 0) is 12.1 Å². The maximum atomic E-state index is 11.6. The van der Waals surface area contributed by atoms with Gasteiger partial charge in [0.25, 0.3) is 11.6 Å². The zero-order chi connectivity index (χ0) is 15.8. The van der Waals surface area contributed by atoms with Crippen molar-refractivity contribution in [3.8, 4) is 0 Å². The van der Waals surface area contributed by atoms with Gasteiger partial charge >= 0.3 is 0 Å². The smallest absolute Gasteiger partial charge is 0.272 e. The lowest BCUT2D eigenvalue weighted by molar-refractivity contribution is -0.385. The number of nitro groups is 1. The zero-order valence-corrected chi connectivity index (χ0v) is 12.1. The number of aromatic nitrogens is 2. The molecule has 0 radical (unpaired) electrons. The van der Waals surface area contributed by atoms with Gasteiger partial charge in [0, 0.05) is 18.5 Å². The summed E-state index contributed by atoms with van der Waals surface area (Å²) in [5.41, 5.74) is 2.53. The van der Waals surface area contributed by atoms with Crippen molar-refractivity contribution < 1.29 is 9.72 Å². The predicted octanol–water partition coefficient (Wildman–Crippen LogP) is 1.63. The number of para-hydroxylation sites is 1. The molecule has 0 saturated heterocycles. The quantitative estimate of drug-likeness (QED) is 0.285. The number of nitrogens with one attached hydrogen (secondary N) is 1. The Kier molecular flexibility index (Phi) is 5.55. The van der Waals surface area contributed by atoms with Gasteiger partial charge in [-0.25, -0.2) is 15.4 Å². The average molecular weight is 317 g/mol. The number of nitrogens with zero attached hydrogens (tertiary/aromatic N) is 4. The largest absolute Gasteiger partial charge is 0.278 e. The minimum Gasteiger partial charge on any atom is -0.272 e. The average Bonchev–Trinajstić information content (AvgIpc) is 2.54. The molecular weight excluding hydrogens is 306 g/mol. The Labute approximate surface area is 129 Å². The molecule has 2 rings (SSSR count). The van der Waals surface area contributed by atoms with E-state index in [1.807, 2.05) is 0 Å². The minimum absolute atomic E-state index is 0.0763. The SMILES string of the molecule is O=C(CSc1ncccn1)N/N=C\c1ccccc1[N+](=O)[O-]. The molecule has 0 aliphatic heterocycles. The maximum Gasteiger partial charge on any atom is 0.278 e. The summed E-state index contributed by atoms with van der Waals surface area (Å²) in [4.78, 5) is 29.8. The number of hydrogen-bond acceptors (Lipinski definition) is 7. The van der Waals surface area contributed by atoms with Gasteiger partial charge in [0.2, 0.25) is 0 Å². The molecule has 9 heteroatoms. The molecule has 0 atom stereocenters. The summed E-state index contributed by atoms with van der Waals surface area (Å²) in [5, 5.41) is 15.0. The van der Waals surface area contributed by atoms with Crippen molar-refractivity contribution in [2.75, 3.05) is 5.75 Å². The van der Waals surface area contributed by atoms with Crippen LogP contribution in [0.4, 0.5) is 5.69 Å². The van der Waals surface area contributed by atoms with Crippen molar-refractivity contribution in [2.24, 2.45) is 5.10 Å². The highest BCUT2D eigenvalue weighted by Gasteiger charge is 2.10. The molecule has 0 fully saturated rings. The molecule has 1 N–H and O–H groups in total. The number of hydrazone groups is 1. The van der Waals surface area contributed by atoms with Crippen LogP contribution in [-0.4, -0.2) is 32.8 Å². The third kappa shape index (κ3) is 4.63. The Bertz CT molecular complexity index is 693. The van der Waals surface area contributed by atoms with Gasteiger partial charge in [-0.1, -0.05) is 23.9 Å². The van der Waals surface area contributed by atoms with Gasteiger partial charge in [0.05, 0.1) is 22.5 Å². The van der Waals surface area contributed by atoms with Gasteiger partial charge in [-0.2, -0.15) is 5.10 Å². The van der Waals surface area contributed by atoms with Crippen LogP contribution in [0.5, 0.6) is 0 Å². The molecule has 1 aromatic carbocycles. The van der Waals surface area contributed by atoms with Crippen LogP contribution in [0.2, 0.25) is 0 Å². The molecule has 0 unspecified atom stereocenters. The summed E-state index contributed by atoms with van der Waals surface area (Å²) < 4.78 is 0. The summed E-state index contributed by atoms with van der Waals surface area (Å²) in [5.74, 6) is -0.259. The van der Waals surface area contributed by atoms with Gasteiger partial charge in [0.15, 0.2) is 5.16 Å². The van der Waals surface area contributed by atoms with Crippen molar-refractivity contribution in [1.82, 2.24) is 15.4 Å². The number of nitro benzene ring substituents is 1. The van der Waals surface area contributed by atoms with Crippen molar-refractivity contribution >= 4 is 29.6 Å². The molecule has 1 heterocycles. The van der Waals surface area contributed by atoms with E-state index in [9.17, 15) is 14.9 Å². The third-order valence-corrected chi connectivity index (χ3v) is 3.28. The van der Waals surface area contributed by atoms with E-state index in [1.54, 1.807) is 36.7 Å². The highest BCUT2D eigenvalue weighted by molar-refractivity contribution is 7.99. The van der Waals surface area contributed by atoms with Crippen LogP contribution in [0, 0.1) is 10.1 Å². The van der Waals surface area contributed by atoms with Crippen LogP contribution in [0.3, 0.4) is 0 Å². The van der Waals surface area contributed by atoms with Crippen molar-refractivity contribution in [1.29, 1.82) is 0 Å². The molecule has 112 valence electrons. The van der Waals surface area contributed by atoms with E-state index in [1.165, 1.54) is 24.0 Å². The fourth-order valence-corrected chi connectivity index (χ4v) is 2.05. The van der Waals surface area contributed by atoms with E-state index in [2.05, 4.69) is 20.5 Å². The van der Waals surface area contributed by atoms with E-state index >= 15 is 0 Å². The zero-order valence-electron chi connectivity index (χ0n) is 11.2. The Morgan fingerprint density at radius 3 is 2.77 bits per heavy atom. The first-order valence-electron chi connectivity index (χ1n) is 6.12. The molecule has 0 spiro atoms. The minimum atomic E-state index is -0.508. The molecule has 8 nitrogen and oxygen atoms in total.